The van der Waals surface area contributed by atoms with Crippen LogP contribution < -0.4 is 21.1 Å². The Bertz CT molecular complexity index is 1070. The third kappa shape index (κ3) is 3.79. The molecular formula is C21H24ClN5O3. The molecule has 3 heterocycles. The summed E-state index contributed by atoms with van der Waals surface area (Å²) < 4.78 is 0. The molecule has 158 valence electrons. The number of piperidine rings is 1. The number of carbonyl (C=O) groups excluding carboxylic acids is 2. The van der Waals surface area contributed by atoms with Gasteiger partial charge in [0, 0.05) is 29.7 Å². The Kier molecular flexibility index (Phi) is 5.51. The lowest BCUT2D eigenvalue weighted by Gasteiger charge is -2.34. The van der Waals surface area contributed by atoms with Crippen molar-refractivity contribution in [1.29, 1.82) is 0 Å². The number of benzene rings is 1. The zero-order valence-corrected chi connectivity index (χ0v) is 17.7. The second-order valence-corrected chi connectivity index (χ2v) is 8.30. The molecule has 2 aliphatic heterocycles. The van der Waals surface area contributed by atoms with Crippen LogP contribution in [0.5, 0.6) is 0 Å². The lowest BCUT2D eigenvalue weighted by molar-refractivity contribution is -0.123. The van der Waals surface area contributed by atoms with E-state index in [1.165, 1.54) is 0 Å². The van der Waals surface area contributed by atoms with Crippen LogP contribution in [0, 0.1) is 6.92 Å². The summed E-state index contributed by atoms with van der Waals surface area (Å²) in [4.78, 5) is 47.6. The first-order valence-corrected chi connectivity index (χ1v) is 10.5. The molecule has 1 aromatic carbocycles. The van der Waals surface area contributed by atoms with Gasteiger partial charge < -0.3 is 15.5 Å². The van der Waals surface area contributed by atoms with Gasteiger partial charge in [0.25, 0.3) is 5.56 Å². The molecule has 2 amide bonds. The van der Waals surface area contributed by atoms with Gasteiger partial charge in [0.15, 0.2) is 0 Å². The number of hydrogen-bond donors (Lipinski definition) is 3. The average Bonchev–Trinajstić information content (AvgIpc) is 2.70. The van der Waals surface area contributed by atoms with E-state index >= 15 is 0 Å². The maximum atomic E-state index is 13.0. The van der Waals surface area contributed by atoms with Gasteiger partial charge in [-0.25, -0.2) is 0 Å². The number of nitrogens with one attached hydrogen (secondary N) is 3. The third-order valence-corrected chi connectivity index (χ3v) is 6.27. The van der Waals surface area contributed by atoms with Crippen LogP contribution in [0.15, 0.2) is 23.0 Å². The molecule has 1 aromatic heterocycles. The number of H-pyrrole nitrogens is 1. The molecule has 9 heteroatoms. The van der Waals surface area contributed by atoms with Crippen LogP contribution in [-0.4, -0.2) is 34.4 Å². The summed E-state index contributed by atoms with van der Waals surface area (Å²) in [6, 6.07) is 5.43. The Balaban J connectivity index is 1.68. The monoisotopic (exact) mass is 429 g/mol. The van der Waals surface area contributed by atoms with Crippen LogP contribution >= 0.6 is 11.6 Å². The van der Waals surface area contributed by atoms with Crippen molar-refractivity contribution in [3.63, 3.8) is 0 Å². The molecular weight excluding hydrogens is 406 g/mol. The molecule has 0 aliphatic carbocycles. The van der Waals surface area contributed by atoms with Crippen LogP contribution in [0.4, 0.5) is 17.5 Å². The fourth-order valence-corrected chi connectivity index (χ4v) is 4.27. The molecule has 0 radical (unpaired) electrons. The van der Waals surface area contributed by atoms with Gasteiger partial charge in [-0.3, -0.25) is 19.4 Å². The van der Waals surface area contributed by atoms with E-state index in [-0.39, 0.29) is 29.8 Å². The zero-order chi connectivity index (χ0) is 21.4. The van der Waals surface area contributed by atoms with E-state index in [0.717, 1.165) is 31.4 Å². The van der Waals surface area contributed by atoms with E-state index in [9.17, 15) is 14.4 Å². The van der Waals surface area contributed by atoms with Gasteiger partial charge >= 0.3 is 0 Å². The van der Waals surface area contributed by atoms with Crippen LogP contribution in [0.2, 0.25) is 5.02 Å². The molecule has 1 fully saturated rings. The average molecular weight is 430 g/mol. The van der Waals surface area contributed by atoms with Gasteiger partial charge in [0.2, 0.25) is 17.8 Å². The van der Waals surface area contributed by atoms with Gasteiger partial charge in [0.1, 0.15) is 5.82 Å². The minimum Gasteiger partial charge on any atom is -0.340 e. The van der Waals surface area contributed by atoms with E-state index in [1.54, 1.807) is 25.1 Å². The standard InChI is InChI=1S/C21H24ClN5O3/c1-11-6-3-4-9-27(11)21-25-18-17(20(30)26-21)13(10-16(28)24-18)19(29)23-15-8-5-7-14(22)12(15)2/h5,7-8,11,13H,3-4,6,9-10H2,1-2H3,(H,23,29)(H2,24,25,26,28,30)/t11-,13-/m1/s1. The van der Waals surface area contributed by atoms with Gasteiger partial charge in [-0.2, -0.15) is 4.98 Å². The Hall–Kier alpha value is -2.87. The van der Waals surface area contributed by atoms with E-state index in [4.69, 9.17) is 11.6 Å². The van der Waals surface area contributed by atoms with Crippen molar-refractivity contribution in [2.75, 3.05) is 22.1 Å². The van der Waals surface area contributed by atoms with Gasteiger partial charge in [-0.1, -0.05) is 17.7 Å². The number of amides is 2. The first-order chi connectivity index (χ1) is 14.3. The summed E-state index contributed by atoms with van der Waals surface area (Å²) >= 11 is 6.13. The fraction of sp³-hybridized carbons (Fsp3) is 0.429. The minimum atomic E-state index is -0.934. The Morgan fingerprint density at radius 3 is 2.87 bits per heavy atom. The topological polar surface area (TPSA) is 107 Å². The predicted molar refractivity (Wildman–Crippen MR) is 116 cm³/mol. The lowest BCUT2D eigenvalue weighted by Crippen LogP contribution is -2.42. The van der Waals surface area contributed by atoms with E-state index < -0.39 is 17.4 Å². The zero-order valence-electron chi connectivity index (χ0n) is 16.9. The van der Waals surface area contributed by atoms with E-state index in [2.05, 4.69) is 27.5 Å². The number of nitrogens with zero attached hydrogens (tertiary/aromatic N) is 2. The highest BCUT2D eigenvalue weighted by Gasteiger charge is 2.35. The van der Waals surface area contributed by atoms with Crippen LogP contribution in [0.1, 0.15) is 49.7 Å². The molecule has 30 heavy (non-hydrogen) atoms. The number of halogens is 1. The quantitative estimate of drug-likeness (QED) is 0.694. The lowest BCUT2D eigenvalue weighted by atomic mass is 9.92. The number of anilines is 3. The van der Waals surface area contributed by atoms with Crippen molar-refractivity contribution >= 4 is 40.9 Å². The van der Waals surface area contributed by atoms with Crippen molar-refractivity contribution in [1.82, 2.24) is 9.97 Å². The molecule has 2 aliphatic rings. The van der Waals surface area contributed by atoms with Crippen molar-refractivity contribution in [3.05, 3.63) is 44.7 Å². The molecule has 4 rings (SSSR count). The number of carbonyl (C=O) groups is 2. The third-order valence-electron chi connectivity index (χ3n) is 5.86. The molecule has 2 aromatic rings. The van der Waals surface area contributed by atoms with Crippen molar-refractivity contribution < 1.29 is 9.59 Å². The van der Waals surface area contributed by atoms with Crippen LogP contribution in [0.3, 0.4) is 0 Å². The smallest absolute Gasteiger partial charge is 0.258 e. The highest BCUT2D eigenvalue weighted by atomic mass is 35.5. The molecule has 0 unspecified atom stereocenters. The molecule has 0 saturated carbocycles. The van der Waals surface area contributed by atoms with Crippen LogP contribution in [0.25, 0.3) is 0 Å². The van der Waals surface area contributed by atoms with E-state index in [1.807, 2.05) is 4.90 Å². The second-order valence-electron chi connectivity index (χ2n) is 7.90. The number of aromatic amines is 1. The first kappa shape index (κ1) is 20.4. The molecule has 0 bridgehead atoms. The molecule has 1 saturated heterocycles. The Morgan fingerprint density at radius 1 is 1.30 bits per heavy atom. The highest BCUT2D eigenvalue weighted by molar-refractivity contribution is 6.31. The van der Waals surface area contributed by atoms with E-state index in [0.29, 0.717) is 16.7 Å². The number of fused-ring (bicyclic) bond motifs is 1. The largest absolute Gasteiger partial charge is 0.340 e. The maximum absolute atomic E-state index is 13.0. The normalized spacial score (nSPS) is 21.0. The maximum Gasteiger partial charge on any atom is 0.258 e. The summed E-state index contributed by atoms with van der Waals surface area (Å²) in [6.07, 6.45) is 3.04. The SMILES string of the molecule is Cc1c(Cl)cccc1NC(=O)[C@@H]1CC(=O)Nc2nc(N3CCCC[C@H]3C)[nH]c(=O)c21. The number of rotatable bonds is 3. The molecule has 2 atom stereocenters. The van der Waals surface area contributed by atoms with Gasteiger partial charge in [-0.15, -0.1) is 0 Å². The second kappa shape index (κ2) is 8.10. The van der Waals surface area contributed by atoms with Gasteiger partial charge in [0.05, 0.1) is 11.5 Å². The Labute approximate surface area is 179 Å². The molecule has 3 N–H and O–H groups in total. The Morgan fingerprint density at radius 2 is 2.10 bits per heavy atom. The fourth-order valence-electron chi connectivity index (χ4n) is 4.09. The van der Waals surface area contributed by atoms with Crippen molar-refractivity contribution in [3.8, 4) is 0 Å². The minimum absolute atomic E-state index is 0.122. The predicted octanol–water partition coefficient (Wildman–Crippen LogP) is 3.18. The summed E-state index contributed by atoms with van der Waals surface area (Å²) in [5.41, 5.74) is 1.04. The van der Waals surface area contributed by atoms with Crippen LogP contribution in [-0.2, 0) is 9.59 Å². The molecule has 8 nitrogen and oxygen atoms in total. The molecule has 0 spiro atoms. The summed E-state index contributed by atoms with van der Waals surface area (Å²) in [6.45, 7) is 4.66. The number of hydrogen-bond acceptors (Lipinski definition) is 5. The number of aromatic nitrogens is 2. The van der Waals surface area contributed by atoms with Gasteiger partial charge in [-0.05, 0) is 50.8 Å². The highest BCUT2D eigenvalue weighted by Crippen LogP contribution is 2.32. The van der Waals surface area contributed by atoms with Crippen molar-refractivity contribution in [2.24, 2.45) is 0 Å². The van der Waals surface area contributed by atoms with Crippen molar-refractivity contribution in [2.45, 2.75) is 51.5 Å². The summed E-state index contributed by atoms with van der Waals surface area (Å²) in [5, 5.41) is 5.99. The summed E-state index contributed by atoms with van der Waals surface area (Å²) in [7, 11) is 0. The summed E-state index contributed by atoms with van der Waals surface area (Å²) in [5.74, 6) is -1.14. The first-order valence-electron chi connectivity index (χ1n) is 10.1.